The highest BCUT2D eigenvalue weighted by Gasteiger charge is 2.25. The molecule has 1 aromatic carbocycles. The quantitative estimate of drug-likeness (QED) is 0.891. The molecule has 1 heterocycles. The Morgan fingerprint density at radius 2 is 2.05 bits per heavy atom. The normalized spacial score (nSPS) is 18.7. The monoisotopic (exact) mass is 282 g/mol. The smallest absolute Gasteiger partial charge is 0.220 e. The van der Waals surface area contributed by atoms with Gasteiger partial charge in [-0.25, -0.2) is 0 Å². The molecule has 2 rings (SSSR count). The molecule has 106 valence electrons. The van der Waals surface area contributed by atoms with Crippen LogP contribution in [0.15, 0.2) is 30.3 Å². The molecular formula is C15H23ClN2O. The maximum Gasteiger partial charge on any atom is 0.220 e. The van der Waals surface area contributed by atoms with Crippen LogP contribution in [0.5, 0.6) is 0 Å². The van der Waals surface area contributed by atoms with Crippen molar-refractivity contribution < 1.29 is 4.79 Å². The summed E-state index contributed by atoms with van der Waals surface area (Å²) in [5, 5.41) is 6.42. The van der Waals surface area contributed by atoms with Gasteiger partial charge in [0.15, 0.2) is 0 Å². The lowest BCUT2D eigenvalue weighted by molar-refractivity contribution is -0.123. The van der Waals surface area contributed by atoms with Gasteiger partial charge in [0.2, 0.25) is 5.91 Å². The summed E-state index contributed by atoms with van der Waals surface area (Å²) < 4.78 is 0. The van der Waals surface area contributed by atoms with Crippen molar-refractivity contribution in [2.24, 2.45) is 5.92 Å². The van der Waals surface area contributed by atoms with Crippen LogP contribution in [0.4, 0.5) is 0 Å². The standard InChI is InChI=1S/C15H22N2O.ClH/c1-15(2,13-6-4-3-5-7-13)17-14(18)10-12-8-9-16-11-12;/h3-7,12,16H,8-11H2,1-2H3,(H,17,18);1H. The topological polar surface area (TPSA) is 41.1 Å². The molecule has 4 heteroatoms. The van der Waals surface area contributed by atoms with E-state index in [-0.39, 0.29) is 23.9 Å². The van der Waals surface area contributed by atoms with Crippen LogP contribution in [0.25, 0.3) is 0 Å². The number of benzene rings is 1. The second-order valence-corrected chi connectivity index (χ2v) is 5.60. The van der Waals surface area contributed by atoms with E-state index in [2.05, 4.69) is 22.8 Å². The Morgan fingerprint density at radius 1 is 1.37 bits per heavy atom. The Hall–Kier alpha value is -1.06. The van der Waals surface area contributed by atoms with Crippen molar-refractivity contribution in [1.29, 1.82) is 0 Å². The molecule has 0 spiro atoms. The summed E-state index contributed by atoms with van der Waals surface area (Å²) in [6.07, 6.45) is 1.74. The Kier molecular flexibility index (Phi) is 5.83. The van der Waals surface area contributed by atoms with Crippen LogP contribution >= 0.6 is 12.4 Å². The molecule has 0 aliphatic carbocycles. The van der Waals surface area contributed by atoms with Gasteiger partial charge in [-0.15, -0.1) is 12.4 Å². The minimum Gasteiger partial charge on any atom is -0.347 e. The van der Waals surface area contributed by atoms with E-state index < -0.39 is 0 Å². The zero-order valence-electron chi connectivity index (χ0n) is 11.6. The molecule has 1 atom stereocenters. The van der Waals surface area contributed by atoms with Crippen LogP contribution in [0.3, 0.4) is 0 Å². The molecule has 0 aromatic heterocycles. The first kappa shape index (κ1) is 16.0. The molecule has 0 bridgehead atoms. The number of rotatable bonds is 4. The first-order valence-electron chi connectivity index (χ1n) is 6.65. The summed E-state index contributed by atoms with van der Waals surface area (Å²) in [5.41, 5.74) is 0.840. The Labute approximate surface area is 121 Å². The van der Waals surface area contributed by atoms with E-state index >= 15 is 0 Å². The number of carbonyl (C=O) groups excluding carboxylic acids is 1. The van der Waals surface area contributed by atoms with E-state index in [1.165, 1.54) is 0 Å². The molecule has 1 aliphatic rings. The van der Waals surface area contributed by atoms with Crippen molar-refractivity contribution in [3.63, 3.8) is 0 Å². The fraction of sp³-hybridized carbons (Fsp3) is 0.533. The van der Waals surface area contributed by atoms with Gasteiger partial charge in [-0.3, -0.25) is 4.79 Å². The molecule has 1 unspecified atom stereocenters. The second-order valence-electron chi connectivity index (χ2n) is 5.60. The summed E-state index contributed by atoms with van der Waals surface area (Å²) in [4.78, 5) is 12.0. The maximum absolute atomic E-state index is 12.0. The van der Waals surface area contributed by atoms with Crippen LogP contribution in [0.1, 0.15) is 32.3 Å². The van der Waals surface area contributed by atoms with Gasteiger partial charge in [0, 0.05) is 6.42 Å². The third-order valence-electron chi connectivity index (χ3n) is 3.58. The summed E-state index contributed by atoms with van der Waals surface area (Å²) in [6.45, 7) is 6.11. The Balaban J connectivity index is 0.00000180. The number of carbonyl (C=O) groups is 1. The number of hydrogen-bond donors (Lipinski definition) is 2. The van der Waals surface area contributed by atoms with Crippen molar-refractivity contribution in [2.75, 3.05) is 13.1 Å². The van der Waals surface area contributed by atoms with Crippen LogP contribution in [0, 0.1) is 5.92 Å². The first-order valence-corrected chi connectivity index (χ1v) is 6.65. The fourth-order valence-electron chi connectivity index (χ4n) is 2.48. The molecule has 1 saturated heterocycles. The van der Waals surface area contributed by atoms with Gasteiger partial charge in [-0.2, -0.15) is 0 Å². The second kappa shape index (κ2) is 6.92. The molecule has 3 nitrogen and oxygen atoms in total. The highest BCUT2D eigenvalue weighted by molar-refractivity contribution is 5.85. The molecular weight excluding hydrogens is 260 g/mol. The van der Waals surface area contributed by atoms with Gasteiger partial charge < -0.3 is 10.6 Å². The Bertz CT molecular complexity index is 400. The van der Waals surface area contributed by atoms with Crippen LogP contribution in [-0.2, 0) is 10.3 Å². The van der Waals surface area contributed by atoms with E-state index in [1.54, 1.807) is 0 Å². The molecule has 0 saturated carbocycles. The van der Waals surface area contributed by atoms with Crippen LogP contribution < -0.4 is 10.6 Å². The lowest BCUT2D eigenvalue weighted by atomic mass is 9.93. The van der Waals surface area contributed by atoms with Crippen molar-refractivity contribution >= 4 is 18.3 Å². The van der Waals surface area contributed by atoms with Crippen molar-refractivity contribution in [3.05, 3.63) is 35.9 Å². The van der Waals surface area contributed by atoms with Gasteiger partial charge >= 0.3 is 0 Å². The molecule has 2 N–H and O–H groups in total. The maximum atomic E-state index is 12.0. The largest absolute Gasteiger partial charge is 0.347 e. The average molecular weight is 283 g/mol. The predicted octanol–water partition coefficient (Wildman–Crippen LogP) is 2.46. The van der Waals surface area contributed by atoms with Gasteiger partial charge in [0.1, 0.15) is 0 Å². The van der Waals surface area contributed by atoms with Crippen LogP contribution in [-0.4, -0.2) is 19.0 Å². The molecule has 1 fully saturated rings. The van der Waals surface area contributed by atoms with E-state index in [1.807, 2.05) is 32.0 Å². The highest BCUT2D eigenvalue weighted by atomic mass is 35.5. The lowest BCUT2D eigenvalue weighted by Gasteiger charge is -2.27. The van der Waals surface area contributed by atoms with Gasteiger partial charge in [-0.1, -0.05) is 30.3 Å². The lowest BCUT2D eigenvalue weighted by Crippen LogP contribution is -2.41. The van der Waals surface area contributed by atoms with Gasteiger partial charge in [-0.05, 0) is 44.8 Å². The van der Waals surface area contributed by atoms with Crippen molar-refractivity contribution in [1.82, 2.24) is 10.6 Å². The minimum atomic E-state index is -0.301. The number of nitrogens with one attached hydrogen (secondary N) is 2. The molecule has 19 heavy (non-hydrogen) atoms. The number of hydrogen-bond acceptors (Lipinski definition) is 2. The summed E-state index contributed by atoms with van der Waals surface area (Å²) >= 11 is 0. The SMILES string of the molecule is CC(C)(NC(=O)CC1CCNC1)c1ccccc1.Cl. The zero-order valence-corrected chi connectivity index (χ0v) is 12.4. The molecule has 1 aliphatic heterocycles. The van der Waals surface area contributed by atoms with Gasteiger partial charge in [0.25, 0.3) is 0 Å². The molecule has 1 aromatic rings. The summed E-state index contributed by atoms with van der Waals surface area (Å²) in [6, 6.07) is 10.1. The summed E-state index contributed by atoms with van der Waals surface area (Å²) in [7, 11) is 0. The fourth-order valence-corrected chi connectivity index (χ4v) is 2.48. The van der Waals surface area contributed by atoms with Crippen molar-refractivity contribution in [3.8, 4) is 0 Å². The van der Waals surface area contributed by atoms with E-state index in [0.29, 0.717) is 12.3 Å². The minimum absolute atomic E-state index is 0. The average Bonchev–Trinajstić information content (AvgIpc) is 2.82. The molecule has 1 amide bonds. The third kappa shape index (κ3) is 4.51. The van der Waals surface area contributed by atoms with E-state index in [9.17, 15) is 4.79 Å². The third-order valence-corrected chi connectivity index (χ3v) is 3.58. The van der Waals surface area contributed by atoms with Crippen LogP contribution in [0.2, 0.25) is 0 Å². The summed E-state index contributed by atoms with van der Waals surface area (Å²) in [5.74, 6) is 0.647. The van der Waals surface area contributed by atoms with Gasteiger partial charge in [0.05, 0.1) is 5.54 Å². The highest BCUT2D eigenvalue weighted by Crippen LogP contribution is 2.20. The number of amides is 1. The Morgan fingerprint density at radius 3 is 2.63 bits per heavy atom. The zero-order chi connectivity index (χ0) is 13.0. The van der Waals surface area contributed by atoms with E-state index in [4.69, 9.17) is 0 Å². The molecule has 0 radical (unpaired) electrons. The predicted molar refractivity (Wildman–Crippen MR) is 80.5 cm³/mol. The van der Waals surface area contributed by atoms with Crippen molar-refractivity contribution in [2.45, 2.75) is 32.2 Å². The van der Waals surface area contributed by atoms with E-state index in [0.717, 1.165) is 25.1 Å². The first-order chi connectivity index (χ1) is 8.58. The number of halogens is 1.